The van der Waals surface area contributed by atoms with Crippen LogP contribution in [0.4, 0.5) is 0 Å². The third kappa shape index (κ3) is 5.57. The van der Waals surface area contributed by atoms with Crippen molar-refractivity contribution in [3.05, 3.63) is 77.9 Å². The molecule has 186 valence electrons. The maximum atomic E-state index is 13.1. The molecule has 0 N–H and O–H groups in total. The van der Waals surface area contributed by atoms with Crippen LogP contribution in [0, 0.1) is 0 Å². The topological polar surface area (TPSA) is 84.7 Å². The highest BCUT2D eigenvalue weighted by Crippen LogP contribution is 2.23. The van der Waals surface area contributed by atoms with Gasteiger partial charge in [0.15, 0.2) is 0 Å². The predicted octanol–water partition coefficient (Wildman–Crippen LogP) is 3.66. The van der Waals surface area contributed by atoms with Gasteiger partial charge >= 0.3 is 0 Å². The van der Waals surface area contributed by atoms with Crippen molar-refractivity contribution in [1.82, 2.24) is 18.8 Å². The molecule has 0 saturated carbocycles. The van der Waals surface area contributed by atoms with Gasteiger partial charge in [0.25, 0.3) is 5.91 Å². The molecule has 0 bridgehead atoms. The molecule has 35 heavy (non-hydrogen) atoms. The summed E-state index contributed by atoms with van der Waals surface area (Å²) in [6, 6.07) is 14.2. The fraction of sp³-hybridized carbons (Fsp3) is 0.385. The molecule has 1 aliphatic rings. The fourth-order valence-electron chi connectivity index (χ4n) is 4.04. The number of carbonyl (C=O) groups excluding carboxylic acids is 1. The van der Waals surface area contributed by atoms with Gasteiger partial charge in [-0.2, -0.15) is 4.31 Å². The molecule has 1 unspecified atom stereocenters. The molecule has 8 nitrogen and oxygen atoms in total. The van der Waals surface area contributed by atoms with Crippen molar-refractivity contribution < 1.29 is 17.9 Å². The van der Waals surface area contributed by atoms with Gasteiger partial charge in [-0.15, -0.1) is 0 Å². The molecule has 1 amide bonds. The van der Waals surface area contributed by atoms with Crippen LogP contribution in [-0.2, 0) is 23.7 Å². The van der Waals surface area contributed by atoms with E-state index >= 15 is 0 Å². The third-order valence-corrected chi connectivity index (χ3v) is 8.53. The third-order valence-electron chi connectivity index (χ3n) is 6.62. The SMILES string of the molecule is CCC(C)c1ccc(S(=O)(=O)N2CCN(C(=O)c3ccc(OCc4nccn4C)cc3)CC2)cc1. The summed E-state index contributed by atoms with van der Waals surface area (Å²) in [6.07, 6.45) is 4.58. The van der Waals surface area contributed by atoms with Crippen LogP contribution in [-0.4, -0.2) is 59.3 Å². The van der Waals surface area contributed by atoms with Crippen LogP contribution in [0.3, 0.4) is 0 Å². The Hall–Kier alpha value is -3.17. The predicted molar refractivity (Wildman–Crippen MR) is 134 cm³/mol. The van der Waals surface area contributed by atoms with Gasteiger partial charge in [0.05, 0.1) is 4.90 Å². The van der Waals surface area contributed by atoms with Crippen molar-refractivity contribution in [1.29, 1.82) is 0 Å². The molecular weight excluding hydrogens is 464 g/mol. The van der Waals surface area contributed by atoms with E-state index in [2.05, 4.69) is 18.8 Å². The Kier molecular flexibility index (Phi) is 7.57. The average molecular weight is 497 g/mol. The molecule has 1 saturated heterocycles. The van der Waals surface area contributed by atoms with Gasteiger partial charge in [-0.25, -0.2) is 13.4 Å². The first-order valence-corrected chi connectivity index (χ1v) is 13.3. The average Bonchev–Trinajstić information content (AvgIpc) is 3.31. The summed E-state index contributed by atoms with van der Waals surface area (Å²) in [7, 11) is -1.68. The summed E-state index contributed by atoms with van der Waals surface area (Å²) in [4.78, 5) is 19.2. The maximum absolute atomic E-state index is 13.1. The minimum absolute atomic E-state index is 0.115. The summed E-state index contributed by atoms with van der Waals surface area (Å²) in [6.45, 7) is 5.82. The molecule has 0 spiro atoms. The largest absolute Gasteiger partial charge is 0.486 e. The second kappa shape index (κ2) is 10.6. The van der Waals surface area contributed by atoms with Gasteiger partial charge in [0.1, 0.15) is 18.2 Å². The number of aromatic nitrogens is 2. The van der Waals surface area contributed by atoms with Crippen molar-refractivity contribution in [3.8, 4) is 5.75 Å². The number of benzene rings is 2. The molecule has 1 aliphatic heterocycles. The molecule has 3 aromatic rings. The molecule has 1 aromatic heterocycles. The highest BCUT2D eigenvalue weighted by atomic mass is 32.2. The first-order valence-electron chi connectivity index (χ1n) is 11.9. The minimum Gasteiger partial charge on any atom is -0.486 e. The quantitative estimate of drug-likeness (QED) is 0.475. The van der Waals surface area contributed by atoms with Gasteiger partial charge < -0.3 is 14.2 Å². The van der Waals surface area contributed by atoms with Crippen LogP contribution in [0.2, 0.25) is 0 Å². The van der Waals surface area contributed by atoms with E-state index in [4.69, 9.17) is 4.74 Å². The highest BCUT2D eigenvalue weighted by Gasteiger charge is 2.30. The van der Waals surface area contributed by atoms with Gasteiger partial charge in [0.2, 0.25) is 10.0 Å². The molecule has 9 heteroatoms. The number of rotatable bonds is 8. The Morgan fingerprint density at radius 2 is 1.69 bits per heavy atom. The number of hydrogen-bond donors (Lipinski definition) is 0. The Balaban J connectivity index is 1.33. The molecule has 1 fully saturated rings. The van der Waals surface area contributed by atoms with Crippen LogP contribution < -0.4 is 4.74 Å². The van der Waals surface area contributed by atoms with E-state index in [0.29, 0.717) is 41.8 Å². The Labute approximate surface area is 207 Å². The smallest absolute Gasteiger partial charge is 0.253 e. The zero-order valence-corrected chi connectivity index (χ0v) is 21.2. The van der Waals surface area contributed by atoms with E-state index in [1.807, 2.05) is 29.9 Å². The number of aryl methyl sites for hydroxylation is 1. The van der Waals surface area contributed by atoms with Crippen LogP contribution in [0.25, 0.3) is 0 Å². The number of carbonyl (C=O) groups is 1. The van der Waals surface area contributed by atoms with E-state index < -0.39 is 10.0 Å². The minimum atomic E-state index is -3.59. The monoisotopic (exact) mass is 496 g/mol. The van der Waals surface area contributed by atoms with E-state index in [1.54, 1.807) is 47.5 Å². The van der Waals surface area contributed by atoms with Gasteiger partial charge in [0, 0.05) is 51.2 Å². The number of ether oxygens (including phenoxy) is 1. The van der Waals surface area contributed by atoms with Crippen molar-refractivity contribution in [3.63, 3.8) is 0 Å². The zero-order valence-electron chi connectivity index (χ0n) is 20.4. The molecular formula is C26H32N4O4S. The maximum Gasteiger partial charge on any atom is 0.253 e. The number of hydrogen-bond acceptors (Lipinski definition) is 5. The Morgan fingerprint density at radius 1 is 1.03 bits per heavy atom. The first-order chi connectivity index (χ1) is 16.8. The molecule has 2 aromatic carbocycles. The lowest BCUT2D eigenvalue weighted by atomic mass is 9.99. The van der Waals surface area contributed by atoms with E-state index in [-0.39, 0.29) is 19.0 Å². The zero-order chi connectivity index (χ0) is 25.0. The molecule has 0 aliphatic carbocycles. The summed E-state index contributed by atoms with van der Waals surface area (Å²) in [5, 5.41) is 0. The number of amides is 1. The van der Waals surface area contributed by atoms with E-state index in [9.17, 15) is 13.2 Å². The van der Waals surface area contributed by atoms with Crippen molar-refractivity contribution in [2.75, 3.05) is 26.2 Å². The lowest BCUT2D eigenvalue weighted by Crippen LogP contribution is -2.50. The lowest BCUT2D eigenvalue weighted by molar-refractivity contribution is 0.0698. The Bertz CT molecular complexity index is 1250. The molecule has 4 rings (SSSR count). The highest BCUT2D eigenvalue weighted by molar-refractivity contribution is 7.89. The number of piperazine rings is 1. The van der Waals surface area contributed by atoms with Gasteiger partial charge in [-0.1, -0.05) is 26.0 Å². The number of imidazole rings is 1. The number of sulfonamides is 1. The fourth-order valence-corrected chi connectivity index (χ4v) is 5.47. The molecule has 0 radical (unpaired) electrons. The number of nitrogens with zero attached hydrogens (tertiary/aromatic N) is 4. The second-order valence-corrected chi connectivity index (χ2v) is 10.8. The van der Waals surface area contributed by atoms with Gasteiger partial charge in [-0.3, -0.25) is 4.79 Å². The van der Waals surface area contributed by atoms with Crippen LogP contribution >= 0.6 is 0 Å². The summed E-state index contributed by atoms with van der Waals surface area (Å²) in [5.74, 6) is 1.74. The summed E-state index contributed by atoms with van der Waals surface area (Å²) < 4.78 is 35.3. The standard InChI is InChI=1S/C26H32N4O4S/c1-4-20(2)21-7-11-24(12-8-21)35(32,33)30-17-15-29(16-18-30)26(31)22-5-9-23(10-6-22)34-19-25-27-13-14-28(25)3/h5-14,20H,4,15-19H2,1-3H3. The van der Waals surface area contributed by atoms with Crippen molar-refractivity contribution in [2.45, 2.75) is 37.7 Å². The van der Waals surface area contributed by atoms with Crippen molar-refractivity contribution in [2.24, 2.45) is 7.05 Å². The molecule has 1 atom stereocenters. The van der Waals surface area contributed by atoms with Crippen LogP contribution in [0.15, 0.2) is 65.8 Å². The molecule has 2 heterocycles. The van der Waals surface area contributed by atoms with Gasteiger partial charge in [-0.05, 0) is 54.3 Å². The summed E-state index contributed by atoms with van der Waals surface area (Å²) >= 11 is 0. The second-order valence-electron chi connectivity index (χ2n) is 8.84. The summed E-state index contributed by atoms with van der Waals surface area (Å²) in [5.41, 5.74) is 1.68. The van der Waals surface area contributed by atoms with Crippen LogP contribution in [0.5, 0.6) is 5.75 Å². The normalized spacial score (nSPS) is 15.7. The van der Waals surface area contributed by atoms with Crippen LogP contribution in [0.1, 0.15) is 47.9 Å². The Morgan fingerprint density at radius 3 is 2.26 bits per heavy atom. The van der Waals surface area contributed by atoms with E-state index in [0.717, 1.165) is 17.8 Å². The first kappa shape index (κ1) is 24.9. The van der Waals surface area contributed by atoms with E-state index in [1.165, 1.54) is 4.31 Å². The lowest BCUT2D eigenvalue weighted by Gasteiger charge is -2.34. The van der Waals surface area contributed by atoms with Crippen molar-refractivity contribution >= 4 is 15.9 Å².